The molecule has 0 atom stereocenters. The summed E-state index contributed by atoms with van der Waals surface area (Å²) in [5.74, 6) is 0.491. The van der Waals surface area contributed by atoms with Crippen molar-refractivity contribution in [2.45, 2.75) is 45.4 Å². The van der Waals surface area contributed by atoms with Gasteiger partial charge in [0.05, 0.1) is 5.69 Å². The third-order valence-corrected chi connectivity index (χ3v) is 6.64. The molecule has 8 nitrogen and oxygen atoms in total. The van der Waals surface area contributed by atoms with E-state index in [4.69, 9.17) is 4.42 Å². The lowest BCUT2D eigenvalue weighted by atomic mass is 9.99. The summed E-state index contributed by atoms with van der Waals surface area (Å²) in [6.07, 6.45) is 5.92. The molecule has 156 valence electrons. The van der Waals surface area contributed by atoms with Gasteiger partial charge in [-0.2, -0.15) is 8.42 Å². The number of fused-ring (bicyclic) bond motifs is 3. The number of benzene rings is 2. The topological polar surface area (TPSA) is 113 Å². The molecule has 2 aromatic carbocycles. The molecule has 5 rings (SSSR count). The van der Waals surface area contributed by atoms with Crippen LogP contribution in [0.2, 0.25) is 0 Å². The zero-order valence-corrected chi connectivity index (χ0v) is 17.4. The van der Waals surface area contributed by atoms with Crippen LogP contribution < -0.4 is 14.8 Å². The summed E-state index contributed by atoms with van der Waals surface area (Å²) < 4.78 is 34.8. The van der Waals surface area contributed by atoms with Crippen LogP contribution in [0.1, 0.15) is 41.0 Å². The van der Waals surface area contributed by atoms with Gasteiger partial charge in [-0.3, -0.25) is 4.72 Å². The Kier molecular flexibility index (Phi) is 4.43. The number of urea groups is 1. The van der Waals surface area contributed by atoms with Crippen molar-refractivity contribution in [3.8, 4) is 0 Å². The molecule has 0 spiro atoms. The van der Waals surface area contributed by atoms with E-state index in [1.165, 1.54) is 11.1 Å². The first kappa shape index (κ1) is 18.9. The van der Waals surface area contributed by atoms with Crippen molar-refractivity contribution in [3.63, 3.8) is 0 Å². The van der Waals surface area contributed by atoms with E-state index in [9.17, 15) is 13.2 Å². The highest BCUT2D eigenvalue weighted by molar-refractivity contribution is 7.91. The first-order valence-corrected chi connectivity index (χ1v) is 11.5. The monoisotopic (exact) mass is 426 g/mol. The number of nitrogens with one attached hydrogen (secondary N) is 3. The molecule has 1 aromatic heterocycles. The fourth-order valence-electron chi connectivity index (χ4n) is 4.52. The molecule has 30 heavy (non-hydrogen) atoms. The quantitative estimate of drug-likeness (QED) is 0.590. The molecule has 0 saturated carbocycles. The van der Waals surface area contributed by atoms with E-state index in [2.05, 4.69) is 25.8 Å². The van der Waals surface area contributed by atoms with Crippen LogP contribution >= 0.6 is 0 Å². The maximum atomic E-state index is 12.6. The van der Waals surface area contributed by atoms with E-state index in [-0.39, 0.29) is 5.69 Å². The lowest BCUT2D eigenvalue weighted by Gasteiger charge is -2.17. The lowest BCUT2D eigenvalue weighted by molar-refractivity contribution is 0.256. The third-order valence-electron chi connectivity index (χ3n) is 5.69. The van der Waals surface area contributed by atoms with E-state index in [0.717, 1.165) is 55.3 Å². The molecule has 3 aromatic rings. The summed E-state index contributed by atoms with van der Waals surface area (Å²) >= 11 is 0. The highest BCUT2D eigenvalue weighted by Gasteiger charge is 2.26. The van der Waals surface area contributed by atoms with Crippen LogP contribution in [0.15, 0.2) is 28.7 Å². The van der Waals surface area contributed by atoms with Crippen molar-refractivity contribution >= 4 is 38.7 Å². The molecule has 2 aliphatic carbocycles. The largest absolute Gasteiger partial charge is 0.441 e. The van der Waals surface area contributed by atoms with Gasteiger partial charge in [0, 0.05) is 12.6 Å². The summed E-state index contributed by atoms with van der Waals surface area (Å²) in [4.78, 5) is 16.8. The van der Waals surface area contributed by atoms with E-state index in [1.54, 1.807) is 25.1 Å². The van der Waals surface area contributed by atoms with Gasteiger partial charge >= 0.3 is 16.2 Å². The van der Waals surface area contributed by atoms with Gasteiger partial charge in [0.25, 0.3) is 0 Å². The van der Waals surface area contributed by atoms with Gasteiger partial charge in [-0.15, -0.1) is 0 Å². The predicted molar refractivity (Wildman–Crippen MR) is 114 cm³/mol. The predicted octanol–water partition coefficient (Wildman–Crippen LogP) is 3.59. The molecule has 1 heterocycles. The Balaban J connectivity index is 1.34. The fraction of sp³-hybridized carbons (Fsp3) is 0.333. The maximum absolute atomic E-state index is 12.6. The Morgan fingerprint density at radius 3 is 2.43 bits per heavy atom. The Bertz CT molecular complexity index is 1250. The zero-order chi connectivity index (χ0) is 20.9. The van der Waals surface area contributed by atoms with E-state index >= 15 is 0 Å². The van der Waals surface area contributed by atoms with Gasteiger partial charge in [-0.1, -0.05) is 6.07 Å². The lowest BCUT2D eigenvalue weighted by Crippen LogP contribution is -2.38. The Labute approximate surface area is 174 Å². The van der Waals surface area contributed by atoms with Crippen LogP contribution in [0.25, 0.3) is 11.1 Å². The molecule has 0 unspecified atom stereocenters. The summed E-state index contributed by atoms with van der Waals surface area (Å²) in [5.41, 5.74) is 7.00. The van der Waals surface area contributed by atoms with Crippen LogP contribution in [0.3, 0.4) is 0 Å². The number of anilines is 2. The normalized spacial score (nSPS) is 15.1. The highest BCUT2D eigenvalue weighted by Crippen LogP contribution is 2.38. The summed E-state index contributed by atoms with van der Waals surface area (Å²) in [7, 11) is -4.11. The van der Waals surface area contributed by atoms with Gasteiger partial charge in [0.15, 0.2) is 11.5 Å². The SMILES string of the molecule is Cc1nc2cc(NS(=O)(=O)NC(=O)Nc3c4c(cc5c3CCC5)CCC4)ccc2o1. The Hall–Kier alpha value is -3.07. The second-order valence-electron chi connectivity index (χ2n) is 7.81. The van der Waals surface area contributed by atoms with Crippen LogP contribution in [0.5, 0.6) is 0 Å². The van der Waals surface area contributed by atoms with Crippen LogP contribution in [-0.4, -0.2) is 19.4 Å². The van der Waals surface area contributed by atoms with Crippen molar-refractivity contribution in [1.82, 2.24) is 9.71 Å². The molecule has 2 amide bonds. The van der Waals surface area contributed by atoms with Gasteiger partial charge in [-0.25, -0.2) is 14.5 Å². The molecule has 2 aliphatic rings. The molecule has 0 aliphatic heterocycles. The Morgan fingerprint density at radius 2 is 1.73 bits per heavy atom. The standard InChI is InChI=1S/C21H22N4O4S/c1-12-22-18-11-15(8-9-19(18)29-12)24-30(27,28)25-21(26)23-20-16-6-2-4-13(16)10-14-5-3-7-17(14)20/h8-11,24H,2-7H2,1H3,(H2,23,25,26). The highest BCUT2D eigenvalue weighted by atomic mass is 32.2. The first-order valence-electron chi connectivity index (χ1n) is 10.0. The van der Waals surface area contributed by atoms with Crippen LogP contribution in [-0.2, 0) is 35.9 Å². The van der Waals surface area contributed by atoms with E-state index in [0.29, 0.717) is 17.0 Å². The first-order chi connectivity index (χ1) is 14.4. The van der Waals surface area contributed by atoms with Gasteiger partial charge in [0.1, 0.15) is 5.52 Å². The van der Waals surface area contributed by atoms with Crippen molar-refractivity contribution < 1.29 is 17.6 Å². The van der Waals surface area contributed by atoms with E-state index in [1.807, 2.05) is 0 Å². The van der Waals surface area contributed by atoms with Crippen LogP contribution in [0.4, 0.5) is 16.2 Å². The molecule has 0 fully saturated rings. The molecular weight excluding hydrogens is 404 g/mol. The molecular formula is C21H22N4O4S. The number of nitrogens with zero attached hydrogens (tertiary/aromatic N) is 1. The second kappa shape index (κ2) is 7.02. The molecule has 0 bridgehead atoms. The minimum Gasteiger partial charge on any atom is -0.441 e. The Morgan fingerprint density at radius 1 is 1.03 bits per heavy atom. The smallest absolute Gasteiger partial charge is 0.334 e. The molecule has 0 saturated heterocycles. The number of rotatable bonds is 4. The summed E-state index contributed by atoms with van der Waals surface area (Å²) in [6.45, 7) is 1.72. The maximum Gasteiger partial charge on any atom is 0.334 e. The minimum atomic E-state index is -4.11. The number of amides is 2. The summed E-state index contributed by atoms with van der Waals surface area (Å²) in [5, 5.41) is 2.82. The number of hydrogen-bond acceptors (Lipinski definition) is 5. The summed E-state index contributed by atoms with van der Waals surface area (Å²) in [6, 6.07) is 6.23. The molecule has 3 N–H and O–H groups in total. The van der Waals surface area contributed by atoms with Crippen molar-refractivity contribution in [2.75, 3.05) is 10.0 Å². The average Bonchev–Trinajstić information content (AvgIpc) is 3.38. The molecule has 0 radical (unpaired) electrons. The second-order valence-corrected chi connectivity index (χ2v) is 9.23. The van der Waals surface area contributed by atoms with Gasteiger partial charge in [-0.05, 0) is 79.0 Å². The number of oxazole rings is 1. The number of aromatic nitrogens is 1. The number of carbonyl (C=O) groups is 1. The molecule has 9 heteroatoms. The zero-order valence-electron chi connectivity index (χ0n) is 16.5. The van der Waals surface area contributed by atoms with Crippen molar-refractivity contribution in [2.24, 2.45) is 0 Å². The van der Waals surface area contributed by atoms with Crippen molar-refractivity contribution in [1.29, 1.82) is 0 Å². The minimum absolute atomic E-state index is 0.289. The van der Waals surface area contributed by atoms with Crippen molar-refractivity contribution in [3.05, 3.63) is 52.4 Å². The average molecular weight is 426 g/mol. The van der Waals surface area contributed by atoms with E-state index < -0.39 is 16.2 Å². The third kappa shape index (κ3) is 3.49. The fourth-order valence-corrected chi connectivity index (χ4v) is 5.30. The van der Waals surface area contributed by atoms with Gasteiger partial charge in [0.2, 0.25) is 0 Å². The van der Waals surface area contributed by atoms with Gasteiger partial charge < -0.3 is 9.73 Å². The number of aryl methyl sites for hydroxylation is 3. The number of hydrogen-bond donors (Lipinski definition) is 3. The van der Waals surface area contributed by atoms with Crippen LogP contribution in [0, 0.1) is 6.92 Å². The number of carbonyl (C=O) groups excluding carboxylic acids is 1.